The quantitative estimate of drug-likeness (QED) is 0.0292. The number of carbonyl (C=O) groups is 6. The Bertz CT molecular complexity index is 1670. The van der Waals surface area contributed by atoms with Gasteiger partial charge in [0.2, 0.25) is 23.4 Å². The fourth-order valence-electron chi connectivity index (χ4n) is 6.08. The molecule has 1 aromatic rings. The van der Waals surface area contributed by atoms with Gasteiger partial charge in [-0.15, -0.1) is 0 Å². The second-order valence-corrected chi connectivity index (χ2v) is 15.2. The van der Waals surface area contributed by atoms with Crippen molar-refractivity contribution in [2.24, 2.45) is 0 Å². The van der Waals surface area contributed by atoms with Crippen molar-refractivity contribution in [3.05, 3.63) is 43.3 Å². The van der Waals surface area contributed by atoms with Crippen LogP contribution in [-0.4, -0.2) is 208 Å². The topological polar surface area (TPSA) is 421 Å². The van der Waals surface area contributed by atoms with E-state index in [2.05, 4.69) is 16.0 Å². The Morgan fingerprint density at radius 3 is 1.52 bits per heavy atom. The molecule has 1 aromatic carbocycles. The number of ether oxygens (including phenoxy) is 3. The standard InChI is InChI=1S/C23H34N2O10.C15H26N2O11.CH3.Pd/c1-13(26)19(14(2)27)25-22(32)16(8-9-18(29)34-10-15-6-4-3-5-7-15)24-12-23(33)21(31)20(30)17(28)11-35-23;1-6(18)10(14(25)26)17-13(24)7(2-3-9(20)21)16-5-15(27)12(23)11(22)8(19)4-28-15;;/h3-7,13,16-17,19-21,24,26,28,30-31,33H,8-12H2,1-2H3,(H,25,32);6-8,10-12,16,18-19,22-23,27H,2-5H2,1H3,(H,17,24)(H,20,21)(H,25,26);1H3;/q;;-1;/t13?,16-,17?,19-,20?,21?,23?;6?,7-,8?,10-,11?,12?,15?;;/m00../s1. The summed E-state index contributed by atoms with van der Waals surface area (Å²) in [4.78, 5) is 71.1. The maximum Gasteiger partial charge on any atom is 0.328 e. The molecule has 0 spiro atoms. The number of carboxylic acid groups (broad SMARTS) is 2. The zero-order valence-corrected chi connectivity index (χ0v) is 37.6. The molecule has 2 saturated heterocycles. The number of ketones is 1. The van der Waals surface area contributed by atoms with E-state index in [9.17, 15) is 79.8 Å². The van der Waals surface area contributed by atoms with E-state index in [0.29, 0.717) is 0 Å². The first-order valence-electron chi connectivity index (χ1n) is 19.7. The van der Waals surface area contributed by atoms with Crippen LogP contribution in [0.3, 0.4) is 0 Å². The molecular weight excluding hydrogens is 967 g/mol. The van der Waals surface area contributed by atoms with Crippen LogP contribution in [0.1, 0.15) is 52.0 Å². The van der Waals surface area contributed by atoms with Crippen LogP contribution in [-0.2, 0) is 70.0 Å². The van der Waals surface area contributed by atoms with Crippen LogP contribution in [0, 0.1) is 7.43 Å². The second-order valence-electron chi connectivity index (χ2n) is 15.2. The number of aliphatic hydroxyl groups excluding tert-OH is 8. The number of aliphatic hydroxyl groups is 10. The molecule has 0 aliphatic carbocycles. The number of hydrogen-bond donors (Lipinski definition) is 16. The van der Waals surface area contributed by atoms with Gasteiger partial charge in [-0.25, -0.2) is 4.79 Å². The Balaban J connectivity index is 0.00000125. The maximum atomic E-state index is 12.9. The van der Waals surface area contributed by atoms with Gasteiger partial charge in [-0.2, -0.15) is 0 Å². The Hall–Kier alpha value is -3.66. The summed E-state index contributed by atoms with van der Waals surface area (Å²) in [6.45, 7) is 1.52. The smallest absolute Gasteiger partial charge is 0.328 e. The van der Waals surface area contributed by atoms with Crippen molar-refractivity contribution < 1.29 is 125 Å². The van der Waals surface area contributed by atoms with Crippen LogP contribution in [0.5, 0.6) is 0 Å². The van der Waals surface area contributed by atoms with E-state index in [0.717, 1.165) is 12.5 Å². The molecule has 376 valence electrons. The van der Waals surface area contributed by atoms with Crippen LogP contribution in [0.25, 0.3) is 0 Å². The van der Waals surface area contributed by atoms with Gasteiger partial charge in [0.1, 0.15) is 49.3 Å². The van der Waals surface area contributed by atoms with Crippen LogP contribution >= 0.6 is 0 Å². The fourth-order valence-corrected chi connectivity index (χ4v) is 6.08. The van der Waals surface area contributed by atoms with Crippen molar-refractivity contribution >= 4 is 35.5 Å². The van der Waals surface area contributed by atoms with Gasteiger partial charge in [-0.1, -0.05) is 30.3 Å². The number of hydrogen-bond acceptors (Lipinski definition) is 21. The molecule has 65 heavy (non-hydrogen) atoms. The molecular formula is C39H63N4O21Pd-. The summed E-state index contributed by atoms with van der Waals surface area (Å²) < 4.78 is 15.2. The van der Waals surface area contributed by atoms with Gasteiger partial charge in [-0.3, -0.25) is 24.0 Å². The summed E-state index contributed by atoms with van der Waals surface area (Å²) >= 11 is 0. The van der Waals surface area contributed by atoms with Crippen molar-refractivity contribution in [2.75, 3.05) is 26.3 Å². The normalized spacial score (nSPS) is 27.8. The SMILES string of the molecule is CC(=O)[C@@H](NC(=O)[C@H](CCC(=O)OCc1ccccc1)NCC1(O)OCC(O)C(O)C1O)C(C)O.CC(O)[C@H](NC(=O)[C@H](CCC(=O)O)NCC1(O)OCC(O)C(O)C1O)C(=O)O.[CH3-].[Pd]. The van der Waals surface area contributed by atoms with Crippen molar-refractivity contribution in [3.63, 3.8) is 0 Å². The Morgan fingerprint density at radius 2 is 1.14 bits per heavy atom. The Morgan fingerprint density at radius 1 is 0.723 bits per heavy atom. The zero-order valence-electron chi connectivity index (χ0n) is 36.0. The third-order valence-corrected chi connectivity index (χ3v) is 10.00. The molecule has 0 radical (unpaired) electrons. The zero-order chi connectivity index (χ0) is 47.8. The summed E-state index contributed by atoms with van der Waals surface area (Å²) in [7, 11) is 0. The molecule has 10 unspecified atom stereocenters. The number of carboxylic acids is 2. The summed E-state index contributed by atoms with van der Waals surface area (Å²) in [5, 5.41) is 126. The van der Waals surface area contributed by atoms with Crippen LogP contribution in [0.2, 0.25) is 0 Å². The van der Waals surface area contributed by atoms with Crippen LogP contribution in [0.4, 0.5) is 0 Å². The predicted molar refractivity (Wildman–Crippen MR) is 216 cm³/mol. The summed E-state index contributed by atoms with van der Waals surface area (Å²) in [5.41, 5.74) is 0.779. The van der Waals surface area contributed by atoms with Crippen LogP contribution in [0.15, 0.2) is 30.3 Å². The number of carbonyl (C=O) groups excluding carboxylic acids is 4. The average Bonchev–Trinajstić information content (AvgIpc) is 3.22. The first-order chi connectivity index (χ1) is 29.3. The fraction of sp³-hybridized carbons (Fsp3) is 0.667. The molecule has 0 bridgehead atoms. The predicted octanol–water partition coefficient (Wildman–Crippen LogP) is -6.27. The number of amides is 2. The molecule has 0 aromatic heterocycles. The minimum Gasteiger partial charge on any atom is -0.481 e. The Kier molecular flexibility index (Phi) is 26.9. The second kappa shape index (κ2) is 28.5. The molecule has 2 aliphatic heterocycles. The molecule has 2 aliphatic rings. The monoisotopic (exact) mass is 1030 g/mol. The average molecular weight is 1030 g/mol. The molecule has 25 nitrogen and oxygen atoms in total. The molecule has 14 atom stereocenters. The first-order valence-corrected chi connectivity index (χ1v) is 19.7. The molecule has 2 heterocycles. The third-order valence-electron chi connectivity index (χ3n) is 10.00. The van der Waals surface area contributed by atoms with Gasteiger partial charge in [-0.05, 0) is 39.2 Å². The van der Waals surface area contributed by atoms with E-state index < -0.39 is 153 Å². The van der Waals surface area contributed by atoms with Crippen molar-refractivity contribution in [1.82, 2.24) is 21.3 Å². The van der Waals surface area contributed by atoms with Gasteiger partial charge >= 0.3 is 17.9 Å². The molecule has 26 heteroatoms. The van der Waals surface area contributed by atoms with E-state index in [1.807, 2.05) is 11.4 Å². The molecule has 3 rings (SSSR count). The van der Waals surface area contributed by atoms with Gasteiger partial charge in [0.05, 0.1) is 50.6 Å². The number of esters is 1. The molecule has 0 saturated carbocycles. The van der Waals surface area contributed by atoms with Crippen LogP contribution < -0.4 is 21.3 Å². The van der Waals surface area contributed by atoms with Gasteiger partial charge in [0.25, 0.3) is 0 Å². The molecule has 2 fully saturated rings. The number of rotatable bonds is 22. The number of aliphatic carboxylic acids is 2. The molecule has 2 amide bonds. The minimum atomic E-state index is -2.39. The van der Waals surface area contributed by atoms with Crippen molar-refractivity contribution in [3.8, 4) is 0 Å². The first kappa shape index (κ1) is 61.3. The van der Waals surface area contributed by atoms with E-state index in [1.54, 1.807) is 24.3 Å². The van der Waals surface area contributed by atoms with E-state index >= 15 is 0 Å². The van der Waals surface area contributed by atoms with Gasteiger partial charge in [0.15, 0.2) is 11.8 Å². The van der Waals surface area contributed by atoms with Gasteiger partial charge < -0.3 is 104 Å². The molecule has 16 N–H and O–H groups in total. The largest absolute Gasteiger partial charge is 0.481 e. The van der Waals surface area contributed by atoms with E-state index in [1.165, 1.54) is 13.8 Å². The van der Waals surface area contributed by atoms with Crippen molar-refractivity contribution in [2.45, 2.75) is 138 Å². The van der Waals surface area contributed by atoms with Gasteiger partial charge in [0, 0.05) is 33.3 Å². The minimum absolute atomic E-state index is 0. The summed E-state index contributed by atoms with van der Waals surface area (Å²) in [5.74, 6) is -10.3. The number of Topliss-reactive ketones (excluding diaryl/α,β-unsaturated/α-hetero) is 1. The number of nitrogens with one attached hydrogen (secondary N) is 4. The summed E-state index contributed by atoms with van der Waals surface area (Å²) in [6.07, 6.45) is -13.8. The number of benzene rings is 1. The Labute approximate surface area is 387 Å². The van der Waals surface area contributed by atoms with E-state index in [4.69, 9.17) is 24.4 Å². The summed E-state index contributed by atoms with van der Waals surface area (Å²) in [6, 6.07) is 3.61. The third kappa shape index (κ3) is 19.2. The van der Waals surface area contributed by atoms with Crippen molar-refractivity contribution in [1.29, 1.82) is 0 Å². The van der Waals surface area contributed by atoms with E-state index in [-0.39, 0.29) is 53.7 Å². The maximum absolute atomic E-state index is 12.9.